The van der Waals surface area contributed by atoms with Gasteiger partial charge in [-0.1, -0.05) is 11.3 Å². The highest BCUT2D eigenvalue weighted by atomic mass is 32.1. The summed E-state index contributed by atoms with van der Waals surface area (Å²) in [5.41, 5.74) is 2.18. The highest BCUT2D eigenvalue weighted by Crippen LogP contribution is 2.27. The summed E-state index contributed by atoms with van der Waals surface area (Å²) < 4.78 is 11.0. The highest BCUT2D eigenvalue weighted by Gasteiger charge is 2.11. The Balaban J connectivity index is 1.48. The van der Waals surface area contributed by atoms with Crippen LogP contribution in [0.4, 0.5) is 0 Å². The van der Waals surface area contributed by atoms with Crippen molar-refractivity contribution in [1.82, 2.24) is 9.88 Å². The molecule has 2 aromatic heterocycles. The number of rotatable bonds is 5. The van der Waals surface area contributed by atoms with Gasteiger partial charge < -0.3 is 9.47 Å². The molecule has 1 aliphatic heterocycles. The van der Waals surface area contributed by atoms with Crippen molar-refractivity contribution in [2.75, 3.05) is 39.5 Å². The van der Waals surface area contributed by atoms with Gasteiger partial charge in [0.05, 0.1) is 18.9 Å². The van der Waals surface area contributed by atoms with Gasteiger partial charge in [0.1, 0.15) is 6.61 Å². The van der Waals surface area contributed by atoms with Crippen LogP contribution >= 0.6 is 22.7 Å². The Kier molecular flexibility index (Phi) is 4.45. The average Bonchev–Trinajstić information content (AvgIpc) is 3.10. The van der Waals surface area contributed by atoms with Gasteiger partial charge in [0.15, 0.2) is 0 Å². The fourth-order valence-electron chi connectivity index (χ4n) is 1.95. The van der Waals surface area contributed by atoms with E-state index in [2.05, 4.69) is 26.7 Å². The van der Waals surface area contributed by atoms with Gasteiger partial charge in [0.25, 0.3) is 5.19 Å². The van der Waals surface area contributed by atoms with Crippen LogP contribution in [0.5, 0.6) is 5.19 Å². The first-order chi connectivity index (χ1) is 9.42. The molecule has 0 atom stereocenters. The molecule has 1 saturated heterocycles. The molecule has 1 aliphatic rings. The van der Waals surface area contributed by atoms with E-state index in [1.165, 1.54) is 5.56 Å². The number of thiazole rings is 1. The third kappa shape index (κ3) is 3.54. The van der Waals surface area contributed by atoms with Crippen molar-refractivity contribution in [2.45, 2.75) is 0 Å². The van der Waals surface area contributed by atoms with Gasteiger partial charge in [-0.15, -0.1) is 0 Å². The quantitative estimate of drug-likeness (QED) is 0.849. The van der Waals surface area contributed by atoms with Gasteiger partial charge in [0, 0.05) is 36.0 Å². The normalized spacial score (nSPS) is 16.6. The van der Waals surface area contributed by atoms with Crippen LogP contribution in [0, 0.1) is 0 Å². The van der Waals surface area contributed by atoms with E-state index in [4.69, 9.17) is 9.47 Å². The first-order valence-electron chi connectivity index (χ1n) is 6.33. The van der Waals surface area contributed by atoms with E-state index in [0.29, 0.717) is 6.61 Å². The standard InChI is InChI=1S/C13H16N2O2S2/c1-8-18-9-11(1)12-10-19-13(14-12)17-7-4-15-2-5-16-6-3-15/h1,8-10H,2-7H2. The summed E-state index contributed by atoms with van der Waals surface area (Å²) in [5, 5.41) is 6.97. The SMILES string of the molecule is c1cc(-c2csc(OCCN3CCOCC3)n2)cs1. The van der Waals surface area contributed by atoms with Crippen LogP contribution in [-0.2, 0) is 4.74 Å². The molecule has 6 heteroatoms. The Morgan fingerprint density at radius 3 is 3.00 bits per heavy atom. The summed E-state index contributed by atoms with van der Waals surface area (Å²) >= 11 is 3.25. The zero-order chi connectivity index (χ0) is 12.9. The lowest BCUT2D eigenvalue weighted by atomic mass is 10.3. The van der Waals surface area contributed by atoms with Crippen molar-refractivity contribution < 1.29 is 9.47 Å². The Labute approximate surface area is 120 Å². The molecule has 0 radical (unpaired) electrons. The van der Waals surface area contributed by atoms with E-state index in [1.807, 2.05) is 5.38 Å². The minimum atomic E-state index is 0.691. The van der Waals surface area contributed by atoms with Crippen LogP contribution in [0.2, 0.25) is 0 Å². The van der Waals surface area contributed by atoms with Crippen LogP contribution in [0.25, 0.3) is 11.3 Å². The van der Waals surface area contributed by atoms with Crippen molar-refractivity contribution in [3.05, 3.63) is 22.2 Å². The van der Waals surface area contributed by atoms with E-state index in [9.17, 15) is 0 Å². The number of hydrogen-bond donors (Lipinski definition) is 0. The molecule has 0 aromatic carbocycles. The van der Waals surface area contributed by atoms with Crippen molar-refractivity contribution in [3.63, 3.8) is 0 Å². The molecule has 1 fully saturated rings. The fourth-order valence-corrected chi connectivity index (χ4v) is 3.31. The van der Waals surface area contributed by atoms with Crippen LogP contribution < -0.4 is 4.74 Å². The lowest BCUT2D eigenvalue weighted by Crippen LogP contribution is -2.38. The molecule has 0 bridgehead atoms. The highest BCUT2D eigenvalue weighted by molar-refractivity contribution is 7.12. The van der Waals surface area contributed by atoms with Gasteiger partial charge in [0.2, 0.25) is 0 Å². The van der Waals surface area contributed by atoms with E-state index < -0.39 is 0 Å². The largest absolute Gasteiger partial charge is 0.469 e. The maximum atomic E-state index is 5.72. The molecule has 4 nitrogen and oxygen atoms in total. The summed E-state index contributed by atoms with van der Waals surface area (Å²) in [6.07, 6.45) is 0. The molecule has 0 N–H and O–H groups in total. The summed E-state index contributed by atoms with van der Waals surface area (Å²) in [7, 11) is 0. The molecule has 102 valence electrons. The van der Waals surface area contributed by atoms with Crippen molar-refractivity contribution in [2.24, 2.45) is 0 Å². The molecule has 19 heavy (non-hydrogen) atoms. The first-order valence-corrected chi connectivity index (χ1v) is 8.15. The topological polar surface area (TPSA) is 34.6 Å². The second-order valence-corrected chi connectivity index (χ2v) is 5.91. The molecule has 0 aliphatic carbocycles. The zero-order valence-corrected chi connectivity index (χ0v) is 12.2. The fraction of sp³-hybridized carbons (Fsp3) is 0.462. The third-order valence-electron chi connectivity index (χ3n) is 3.04. The second kappa shape index (κ2) is 6.47. The van der Waals surface area contributed by atoms with Gasteiger partial charge >= 0.3 is 0 Å². The van der Waals surface area contributed by atoms with Crippen LogP contribution in [-0.4, -0.2) is 49.3 Å². The number of ether oxygens (including phenoxy) is 2. The van der Waals surface area contributed by atoms with Gasteiger partial charge in [-0.05, 0) is 11.4 Å². The maximum Gasteiger partial charge on any atom is 0.273 e. The molecular weight excluding hydrogens is 280 g/mol. The number of morpholine rings is 1. The number of aromatic nitrogens is 1. The molecule has 3 rings (SSSR count). The number of hydrogen-bond acceptors (Lipinski definition) is 6. The Morgan fingerprint density at radius 2 is 2.21 bits per heavy atom. The summed E-state index contributed by atoms with van der Waals surface area (Å²) in [5.74, 6) is 0. The lowest BCUT2D eigenvalue weighted by Gasteiger charge is -2.26. The molecule has 0 spiro atoms. The smallest absolute Gasteiger partial charge is 0.273 e. The van der Waals surface area contributed by atoms with E-state index in [-0.39, 0.29) is 0 Å². The zero-order valence-electron chi connectivity index (χ0n) is 10.6. The molecule has 0 amide bonds. The molecular formula is C13H16N2O2S2. The van der Waals surface area contributed by atoms with Crippen LogP contribution in [0.3, 0.4) is 0 Å². The lowest BCUT2D eigenvalue weighted by molar-refractivity contribution is 0.0322. The average molecular weight is 296 g/mol. The van der Waals surface area contributed by atoms with E-state index >= 15 is 0 Å². The van der Waals surface area contributed by atoms with Gasteiger partial charge in [-0.2, -0.15) is 11.3 Å². The third-order valence-corrected chi connectivity index (χ3v) is 4.47. The number of nitrogens with zero attached hydrogens (tertiary/aromatic N) is 2. The summed E-state index contributed by atoms with van der Waals surface area (Å²) in [6, 6.07) is 2.08. The van der Waals surface area contributed by atoms with E-state index in [0.717, 1.165) is 43.7 Å². The summed E-state index contributed by atoms with van der Waals surface area (Å²) in [6.45, 7) is 5.30. The predicted octanol–water partition coefficient (Wildman–Crippen LogP) is 2.58. The molecule has 3 heterocycles. The van der Waals surface area contributed by atoms with Gasteiger partial charge in [-0.3, -0.25) is 4.90 Å². The Bertz CT molecular complexity index is 492. The molecule has 0 saturated carbocycles. The first kappa shape index (κ1) is 13.1. The summed E-state index contributed by atoms with van der Waals surface area (Å²) in [4.78, 5) is 6.85. The molecule has 2 aromatic rings. The van der Waals surface area contributed by atoms with Crippen LogP contribution in [0.15, 0.2) is 22.2 Å². The second-order valence-electron chi connectivity index (χ2n) is 4.31. The van der Waals surface area contributed by atoms with E-state index in [1.54, 1.807) is 22.7 Å². The predicted molar refractivity (Wildman–Crippen MR) is 78.2 cm³/mol. The van der Waals surface area contributed by atoms with Crippen molar-refractivity contribution >= 4 is 22.7 Å². The van der Waals surface area contributed by atoms with Gasteiger partial charge in [-0.25, -0.2) is 4.98 Å². The Hall–Kier alpha value is -0.950. The minimum absolute atomic E-state index is 0.691. The minimum Gasteiger partial charge on any atom is -0.469 e. The molecule has 0 unspecified atom stereocenters. The Morgan fingerprint density at radius 1 is 1.32 bits per heavy atom. The van der Waals surface area contributed by atoms with Crippen LogP contribution in [0.1, 0.15) is 0 Å². The number of thiophene rings is 1. The monoisotopic (exact) mass is 296 g/mol. The van der Waals surface area contributed by atoms with Crippen molar-refractivity contribution in [1.29, 1.82) is 0 Å². The maximum absolute atomic E-state index is 5.72. The van der Waals surface area contributed by atoms with Crippen molar-refractivity contribution in [3.8, 4) is 16.5 Å².